The number of benzene rings is 1. The number of rotatable bonds is 5. The molecule has 7 heteroatoms. The summed E-state index contributed by atoms with van der Waals surface area (Å²) in [4.78, 5) is 26.1. The molecule has 3 rings (SSSR count). The molecule has 1 atom stereocenters. The van der Waals surface area contributed by atoms with Crippen LogP contribution in [0.2, 0.25) is 0 Å². The Labute approximate surface area is 139 Å². The quantitative estimate of drug-likeness (QED) is 0.902. The van der Waals surface area contributed by atoms with Crippen molar-refractivity contribution in [1.29, 1.82) is 0 Å². The fraction of sp³-hybridized carbons (Fsp3) is 0.353. The molecule has 24 heavy (non-hydrogen) atoms. The van der Waals surface area contributed by atoms with E-state index in [9.17, 15) is 9.59 Å². The summed E-state index contributed by atoms with van der Waals surface area (Å²) in [5.74, 6) is 0.841. The third-order valence-corrected chi connectivity index (χ3v) is 4.00. The Morgan fingerprint density at radius 2 is 2.17 bits per heavy atom. The summed E-state index contributed by atoms with van der Waals surface area (Å²) in [6, 6.07) is 8.99. The summed E-state index contributed by atoms with van der Waals surface area (Å²) >= 11 is 0. The molecule has 1 aromatic heterocycles. The third kappa shape index (κ3) is 3.40. The standard InChI is InChI=1S/C17H19N3O4/c1-11-7-13(19-24-11)9-18-17(22)12-8-16(21)20(10-12)14-3-5-15(23-2)6-4-14/h3-7,12H,8-10H2,1-2H3,(H,18,22). The van der Waals surface area contributed by atoms with Crippen molar-refractivity contribution in [2.24, 2.45) is 5.92 Å². The Morgan fingerprint density at radius 1 is 1.42 bits per heavy atom. The molecule has 0 bridgehead atoms. The van der Waals surface area contributed by atoms with Crippen LogP contribution in [0, 0.1) is 12.8 Å². The Hall–Kier alpha value is -2.83. The second-order valence-corrected chi connectivity index (χ2v) is 5.75. The van der Waals surface area contributed by atoms with E-state index in [1.807, 2.05) is 12.1 Å². The summed E-state index contributed by atoms with van der Waals surface area (Å²) in [5.41, 5.74) is 1.43. The van der Waals surface area contributed by atoms with Crippen molar-refractivity contribution in [2.75, 3.05) is 18.6 Å². The first-order valence-electron chi connectivity index (χ1n) is 7.71. The van der Waals surface area contributed by atoms with Crippen LogP contribution in [0.4, 0.5) is 5.69 Å². The highest BCUT2D eigenvalue weighted by atomic mass is 16.5. The Balaban J connectivity index is 1.59. The molecule has 126 valence electrons. The second-order valence-electron chi connectivity index (χ2n) is 5.75. The van der Waals surface area contributed by atoms with E-state index in [1.54, 1.807) is 37.1 Å². The van der Waals surface area contributed by atoms with Crippen LogP contribution in [0.15, 0.2) is 34.9 Å². The van der Waals surface area contributed by atoms with E-state index in [0.717, 1.165) is 11.4 Å². The van der Waals surface area contributed by atoms with Crippen LogP contribution in [-0.4, -0.2) is 30.6 Å². The molecule has 0 saturated carbocycles. The number of hydrogen-bond acceptors (Lipinski definition) is 5. The van der Waals surface area contributed by atoms with Crippen molar-refractivity contribution in [3.8, 4) is 5.75 Å². The number of aryl methyl sites for hydroxylation is 1. The predicted molar refractivity (Wildman–Crippen MR) is 86.5 cm³/mol. The number of hydrogen-bond donors (Lipinski definition) is 1. The first kappa shape index (κ1) is 16.0. The summed E-state index contributed by atoms with van der Waals surface area (Å²) in [5, 5.41) is 6.63. The van der Waals surface area contributed by atoms with Crippen LogP contribution >= 0.6 is 0 Å². The SMILES string of the molecule is COc1ccc(N2CC(C(=O)NCc3cc(C)on3)CC2=O)cc1. The van der Waals surface area contributed by atoms with Gasteiger partial charge in [0.1, 0.15) is 17.2 Å². The van der Waals surface area contributed by atoms with Gasteiger partial charge in [0.15, 0.2) is 0 Å². The molecule has 0 aliphatic carbocycles. The molecule has 0 spiro atoms. The van der Waals surface area contributed by atoms with Crippen molar-refractivity contribution in [3.63, 3.8) is 0 Å². The fourth-order valence-electron chi connectivity index (χ4n) is 2.72. The van der Waals surface area contributed by atoms with Gasteiger partial charge in [-0.3, -0.25) is 9.59 Å². The number of carbonyl (C=O) groups excluding carboxylic acids is 2. The largest absolute Gasteiger partial charge is 0.497 e. The first-order valence-corrected chi connectivity index (χ1v) is 7.71. The highest BCUT2D eigenvalue weighted by Gasteiger charge is 2.35. The van der Waals surface area contributed by atoms with E-state index in [-0.39, 0.29) is 24.2 Å². The zero-order valence-electron chi connectivity index (χ0n) is 13.6. The maximum absolute atomic E-state index is 12.3. The highest BCUT2D eigenvalue weighted by molar-refractivity contribution is 6.00. The number of anilines is 1. The van der Waals surface area contributed by atoms with E-state index in [1.165, 1.54) is 0 Å². The fourth-order valence-corrected chi connectivity index (χ4v) is 2.72. The minimum atomic E-state index is -0.368. The van der Waals surface area contributed by atoms with Crippen molar-refractivity contribution < 1.29 is 18.8 Å². The lowest BCUT2D eigenvalue weighted by molar-refractivity contribution is -0.126. The van der Waals surface area contributed by atoms with Gasteiger partial charge in [0.2, 0.25) is 11.8 Å². The first-order chi connectivity index (χ1) is 11.6. The monoisotopic (exact) mass is 329 g/mol. The molecule has 1 saturated heterocycles. The lowest BCUT2D eigenvalue weighted by Crippen LogP contribution is -2.32. The van der Waals surface area contributed by atoms with Gasteiger partial charge in [-0.2, -0.15) is 0 Å². The topological polar surface area (TPSA) is 84.7 Å². The van der Waals surface area contributed by atoms with Gasteiger partial charge in [0.05, 0.1) is 19.6 Å². The summed E-state index contributed by atoms with van der Waals surface area (Å²) in [7, 11) is 1.59. The molecule has 1 unspecified atom stereocenters. The summed E-state index contributed by atoms with van der Waals surface area (Å²) in [6.07, 6.45) is 0.204. The molecule has 1 aliphatic rings. The van der Waals surface area contributed by atoms with Gasteiger partial charge in [-0.1, -0.05) is 5.16 Å². The molecule has 2 amide bonds. The van der Waals surface area contributed by atoms with Crippen molar-refractivity contribution >= 4 is 17.5 Å². The van der Waals surface area contributed by atoms with Crippen LogP contribution in [0.1, 0.15) is 17.9 Å². The minimum Gasteiger partial charge on any atom is -0.497 e. The Morgan fingerprint density at radius 3 is 2.79 bits per heavy atom. The molecule has 1 aromatic carbocycles. The zero-order valence-corrected chi connectivity index (χ0v) is 13.6. The van der Waals surface area contributed by atoms with E-state index in [2.05, 4.69) is 10.5 Å². The number of methoxy groups -OCH3 is 1. The summed E-state index contributed by atoms with van der Waals surface area (Å²) < 4.78 is 10.1. The number of nitrogens with one attached hydrogen (secondary N) is 1. The van der Waals surface area contributed by atoms with Crippen LogP contribution in [0.3, 0.4) is 0 Å². The van der Waals surface area contributed by atoms with Gasteiger partial charge >= 0.3 is 0 Å². The van der Waals surface area contributed by atoms with Crippen LogP contribution in [0.5, 0.6) is 5.75 Å². The van der Waals surface area contributed by atoms with E-state index < -0.39 is 0 Å². The molecule has 0 radical (unpaired) electrons. The highest BCUT2D eigenvalue weighted by Crippen LogP contribution is 2.26. The van der Waals surface area contributed by atoms with Crippen molar-refractivity contribution in [2.45, 2.75) is 19.9 Å². The lowest BCUT2D eigenvalue weighted by Gasteiger charge is -2.17. The van der Waals surface area contributed by atoms with Gasteiger partial charge in [0, 0.05) is 24.7 Å². The molecule has 7 nitrogen and oxygen atoms in total. The number of nitrogens with zero attached hydrogens (tertiary/aromatic N) is 2. The van der Waals surface area contributed by atoms with Crippen molar-refractivity contribution in [1.82, 2.24) is 10.5 Å². The molecular weight excluding hydrogens is 310 g/mol. The van der Waals surface area contributed by atoms with Gasteiger partial charge in [-0.05, 0) is 31.2 Å². The van der Waals surface area contributed by atoms with Gasteiger partial charge in [0.25, 0.3) is 0 Å². The van der Waals surface area contributed by atoms with Gasteiger partial charge < -0.3 is 19.5 Å². The van der Waals surface area contributed by atoms with E-state index >= 15 is 0 Å². The number of carbonyl (C=O) groups is 2. The number of ether oxygens (including phenoxy) is 1. The number of amides is 2. The Bertz CT molecular complexity index is 739. The minimum absolute atomic E-state index is 0.0578. The molecular formula is C17H19N3O4. The average Bonchev–Trinajstić information content (AvgIpc) is 3.18. The zero-order chi connectivity index (χ0) is 17.1. The smallest absolute Gasteiger partial charge is 0.227 e. The van der Waals surface area contributed by atoms with Crippen LogP contribution in [-0.2, 0) is 16.1 Å². The third-order valence-electron chi connectivity index (χ3n) is 4.00. The van der Waals surface area contributed by atoms with E-state index in [4.69, 9.17) is 9.26 Å². The average molecular weight is 329 g/mol. The molecule has 1 N–H and O–H groups in total. The predicted octanol–water partition coefficient (Wildman–Crippen LogP) is 1.66. The van der Waals surface area contributed by atoms with Crippen LogP contribution in [0.25, 0.3) is 0 Å². The maximum Gasteiger partial charge on any atom is 0.227 e. The van der Waals surface area contributed by atoms with Gasteiger partial charge in [-0.25, -0.2) is 0 Å². The maximum atomic E-state index is 12.3. The van der Waals surface area contributed by atoms with Crippen molar-refractivity contribution in [3.05, 3.63) is 41.8 Å². The normalized spacial score (nSPS) is 17.2. The number of aromatic nitrogens is 1. The molecule has 1 aliphatic heterocycles. The molecule has 2 aromatic rings. The van der Waals surface area contributed by atoms with E-state index in [0.29, 0.717) is 24.5 Å². The summed E-state index contributed by atoms with van der Waals surface area (Å²) in [6.45, 7) is 2.46. The molecule has 2 heterocycles. The second kappa shape index (κ2) is 6.74. The van der Waals surface area contributed by atoms with Gasteiger partial charge in [-0.15, -0.1) is 0 Å². The molecule has 1 fully saturated rings. The lowest BCUT2D eigenvalue weighted by atomic mass is 10.1. The van der Waals surface area contributed by atoms with Crippen LogP contribution < -0.4 is 15.0 Å². The Kier molecular flexibility index (Phi) is 4.50.